The minimum Gasteiger partial charge on any atom is -0.480 e. The van der Waals surface area contributed by atoms with Gasteiger partial charge in [-0.25, -0.2) is 15.0 Å². The highest BCUT2D eigenvalue weighted by Gasteiger charge is 2.20. The van der Waals surface area contributed by atoms with Crippen LogP contribution in [-0.2, 0) is 0 Å². The van der Waals surface area contributed by atoms with Gasteiger partial charge < -0.3 is 10.5 Å². The molecule has 30 heavy (non-hydrogen) atoms. The predicted molar refractivity (Wildman–Crippen MR) is 107 cm³/mol. The van der Waals surface area contributed by atoms with E-state index < -0.39 is 12.7 Å². The number of halogens is 3. The highest BCUT2D eigenvalue weighted by Crippen LogP contribution is 2.36. The molecule has 3 aromatic heterocycles. The van der Waals surface area contributed by atoms with E-state index in [1.807, 2.05) is 19.1 Å². The summed E-state index contributed by atoms with van der Waals surface area (Å²) < 4.78 is 31.9. The quantitative estimate of drug-likeness (QED) is 0.500. The van der Waals surface area contributed by atoms with Crippen LogP contribution < -0.4 is 10.5 Å². The normalized spacial score (nSPS) is 12.5. The molecule has 154 valence electrons. The number of nitrogen functional groups attached to an aromatic ring is 1. The third-order valence-electron chi connectivity index (χ3n) is 4.50. The Labute approximate surface area is 174 Å². The van der Waals surface area contributed by atoms with Crippen molar-refractivity contribution >= 4 is 28.3 Å². The Morgan fingerprint density at radius 3 is 2.67 bits per heavy atom. The van der Waals surface area contributed by atoms with Gasteiger partial charge in [0.2, 0.25) is 0 Å². The number of aryl methyl sites for hydroxylation is 1. The summed E-state index contributed by atoms with van der Waals surface area (Å²) in [5.41, 5.74) is 8.81. The lowest BCUT2D eigenvalue weighted by molar-refractivity contribution is 0.0550. The molecule has 0 spiro atoms. The molecule has 0 amide bonds. The minimum atomic E-state index is -2.79. The second-order valence-corrected chi connectivity index (χ2v) is 6.95. The van der Waals surface area contributed by atoms with Crippen molar-refractivity contribution in [2.75, 3.05) is 5.73 Å². The van der Waals surface area contributed by atoms with Crippen LogP contribution in [-0.4, -0.2) is 29.7 Å². The van der Waals surface area contributed by atoms with E-state index in [0.29, 0.717) is 26.3 Å². The molecule has 0 saturated heterocycles. The second kappa shape index (κ2) is 7.79. The number of rotatable bonds is 5. The van der Waals surface area contributed by atoms with Crippen molar-refractivity contribution in [2.45, 2.75) is 26.5 Å². The van der Waals surface area contributed by atoms with E-state index in [-0.39, 0.29) is 17.4 Å². The maximum absolute atomic E-state index is 12.8. The zero-order valence-corrected chi connectivity index (χ0v) is 16.7. The molecular formula is C19H16ClF2N7O. The lowest BCUT2D eigenvalue weighted by Crippen LogP contribution is -2.09. The van der Waals surface area contributed by atoms with E-state index in [2.05, 4.69) is 25.0 Å². The highest BCUT2D eigenvalue weighted by molar-refractivity contribution is 6.31. The van der Waals surface area contributed by atoms with Crippen molar-refractivity contribution < 1.29 is 13.5 Å². The van der Waals surface area contributed by atoms with Crippen LogP contribution in [0.2, 0.25) is 5.02 Å². The standard InChI is InChI=1S/C19H16ClF2N7O/c1-9-3-4-11(5-12(9)20)15-16-14(17(23)26-7-25-16)13(6-24-15)30-10(2)18-27-8-29(28-18)19(21)22/h3-8,10,19H,1-2H3,(H2,23,25,26)/t10-/m0/s1. The van der Waals surface area contributed by atoms with Gasteiger partial charge in [-0.2, -0.15) is 13.5 Å². The zero-order chi connectivity index (χ0) is 21.4. The number of alkyl halides is 2. The molecule has 1 aromatic carbocycles. The van der Waals surface area contributed by atoms with E-state index in [9.17, 15) is 8.78 Å². The molecule has 11 heteroatoms. The van der Waals surface area contributed by atoms with Gasteiger partial charge in [0.05, 0.1) is 17.3 Å². The molecule has 0 bridgehead atoms. The van der Waals surface area contributed by atoms with Crippen molar-refractivity contribution in [1.82, 2.24) is 29.7 Å². The van der Waals surface area contributed by atoms with Crippen LogP contribution in [0.3, 0.4) is 0 Å². The summed E-state index contributed by atoms with van der Waals surface area (Å²) in [6.07, 6.45) is 3.01. The molecule has 0 fully saturated rings. The Bertz CT molecular complexity index is 1230. The largest absolute Gasteiger partial charge is 0.480 e. The fourth-order valence-electron chi connectivity index (χ4n) is 2.92. The molecule has 0 radical (unpaired) electrons. The summed E-state index contributed by atoms with van der Waals surface area (Å²) in [6.45, 7) is 0.745. The van der Waals surface area contributed by atoms with Gasteiger partial charge in [-0.3, -0.25) is 4.98 Å². The predicted octanol–water partition coefficient (Wildman–Crippen LogP) is 4.36. The summed E-state index contributed by atoms with van der Waals surface area (Å²) in [4.78, 5) is 16.7. The molecule has 1 atom stereocenters. The smallest absolute Gasteiger partial charge is 0.334 e. The SMILES string of the molecule is Cc1ccc(-c2ncc(O[C@@H](C)c3ncn(C(F)F)n3)c3c(N)ncnc23)cc1Cl. The van der Waals surface area contributed by atoms with Crippen molar-refractivity contribution in [3.63, 3.8) is 0 Å². The Hall–Kier alpha value is -3.40. The van der Waals surface area contributed by atoms with Gasteiger partial charge in [0, 0.05) is 10.6 Å². The lowest BCUT2D eigenvalue weighted by atomic mass is 10.1. The summed E-state index contributed by atoms with van der Waals surface area (Å²) >= 11 is 6.26. The zero-order valence-electron chi connectivity index (χ0n) is 15.9. The van der Waals surface area contributed by atoms with E-state index in [1.165, 1.54) is 12.5 Å². The molecule has 0 aliphatic carbocycles. The van der Waals surface area contributed by atoms with E-state index in [4.69, 9.17) is 22.1 Å². The number of benzene rings is 1. The first-order valence-electron chi connectivity index (χ1n) is 8.86. The first kappa shape index (κ1) is 19.9. The van der Waals surface area contributed by atoms with E-state index in [1.54, 1.807) is 13.0 Å². The number of pyridine rings is 1. The molecule has 2 N–H and O–H groups in total. The summed E-state index contributed by atoms with van der Waals surface area (Å²) in [6, 6.07) is 5.56. The van der Waals surface area contributed by atoms with Crippen LogP contribution in [0.4, 0.5) is 14.6 Å². The maximum atomic E-state index is 12.8. The van der Waals surface area contributed by atoms with Gasteiger partial charge in [0.1, 0.15) is 24.0 Å². The van der Waals surface area contributed by atoms with Gasteiger partial charge >= 0.3 is 6.55 Å². The van der Waals surface area contributed by atoms with Gasteiger partial charge in [0.25, 0.3) is 0 Å². The molecule has 0 aliphatic rings. The van der Waals surface area contributed by atoms with E-state index in [0.717, 1.165) is 17.5 Å². The average Bonchev–Trinajstić information content (AvgIpc) is 3.21. The van der Waals surface area contributed by atoms with Gasteiger partial charge in [0.15, 0.2) is 17.7 Å². The number of nitrogens with two attached hydrogens (primary N) is 1. The summed E-state index contributed by atoms with van der Waals surface area (Å²) in [7, 11) is 0. The number of nitrogens with zero attached hydrogens (tertiary/aromatic N) is 6. The third kappa shape index (κ3) is 3.61. The Morgan fingerprint density at radius 2 is 1.97 bits per heavy atom. The molecule has 0 unspecified atom stereocenters. The Kier molecular flexibility index (Phi) is 5.17. The highest BCUT2D eigenvalue weighted by atomic mass is 35.5. The first-order valence-corrected chi connectivity index (χ1v) is 9.24. The van der Waals surface area contributed by atoms with Crippen LogP contribution in [0.25, 0.3) is 22.2 Å². The number of anilines is 1. The molecule has 3 heterocycles. The Morgan fingerprint density at radius 1 is 1.17 bits per heavy atom. The number of hydrogen-bond acceptors (Lipinski definition) is 7. The second-order valence-electron chi connectivity index (χ2n) is 6.54. The average molecular weight is 432 g/mol. The summed E-state index contributed by atoms with van der Waals surface area (Å²) in [5, 5.41) is 4.76. The van der Waals surface area contributed by atoms with Crippen LogP contribution >= 0.6 is 11.6 Å². The monoisotopic (exact) mass is 431 g/mol. The molecule has 8 nitrogen and oxygen atoms in total. The van der Waals surface area contributed by atoms with Crippen molar-refractivity contribution in [3.05, 3.63) is 53.5 Å². The van der Waals surface area contributed by atoms with Gasteiger partial charge in [-0.15, -0.1) is 5.10 Å². The summed E-state index contributed by atoms with van der Waals surface area (Å²) in [5.74, 6) is 0.564. The lowest BCUT2D eigenvalue weighted by Gasteiger charge is -2.15. The number of fused-ring (bicyclic) bond motifs is 1. The maximum Gasteiger partial charge on any atom is 0.334 e. The van der Waals surface area contributed by atoms with Crippen molar-refractivity contribution in [3.8, 4) is 17.0 Å². The number of hydrogen-bond donors (Lipinski definition) is 1. The number of aromatic nitrogens is 6. The van der Waals surface area contributed by atoms with Crippen molar-refractivity contribution in [2.24, 2.45) is 0 Å². The van der Waals surface area contributed by atoms with Crippen LogP contribution in [0, 0.1) is 6.92 Å². The van der Waals surface area contributed by atoms with Crippen LogP contribution in [0.15, 0.2) is 37.1 Å². The van der Waals surface area contributed by atoms with Gasteiger partial charge in [-0.05, 0) is 25.5 Å². The molecular weight excluding hydrogens is 416 g/mol. The topological polar surface area (TPSA) is 105 Å². The van der Waals surface area contributed by atoms with Crippen molar-refractivity contribution in [1.29, 1.82) is 0 Å². The molecule has 4 aromatic rings. The van der Waals surface area contributed by atoms with Crippen LogP contribution in [0.5, 0.6) is 5.75 Å². The molecule has 0 saturated carbocycles. The third-order valence-corrected chi connectivity index (χ3v) is 4.90. The molecule has 4 rings (SSSR count). The number of ether oxygens (including phenoxy) is 1. The first-order chi connectivity index (χ1) is 14.3. The fraction of sp³-hybridized carbons (Fsp3) is 0.211. The van der Waals surface area contributed by atoms with Gasteiger partial charge in [-0.1, -0.05) is 23.7 Å². The minimum absolute atomic E-state index is 0.0910. The Balaban J connectivity index is 1.77. The van der Waals surface area contributed by atoms with E-state index >= 15 is 0 Å². The fourth-order valence-corrected chi connectivity index (χ4v) is 3.10. The molecule has 0 aliphatic heterocycles. The van der Waals surface area contributed by atoms with Crippen LogP contribution in [0.1, 0.15) is 31.0 Å².